The lowest BCUT2D eigenvalue weighted by molar-refractivity contribution is 0.0976. The van der Waals surface area contributed by atoms with Crippen molar-refractivity contribution < 1.29 is 18.0 Å². The molecule has 0 spiro atoms. The minimum atomic E-state index is -4.09. The molecule has 3 aromatic carbocycles. The molecule has 0 aromatic heterocycles. The van der Waals surface area contributed by atoms with Gasteiger partial charge in [0.25, 0.3) is 10.0 Å². The van der Waals surface area contributed by atoms with Crippen LogP contribution in [-0.4, -0.2) is 20.0 Å². The van der Waals surface area contributed by atoms with E-state index >= 15 is 0 Å². The fraction of sp³-hybridized carbons (Fsp3) is 0. The van der Waals surface area contributed by atoms with Crippen molar-refractivity contribution in [3.63, 3.8) is 0 Å². The molecule has 0 fully saturated rings. The Morgan fingerprint density at radius 1 is 0.704 bits per heavy atom. The van der Waals surface area contributed by atoms with E-state index in [0.29, 0.717) is 10.7 Å². The van der Waals surface area contributed by atoms with Crippen LogP contribution < -0.4 is 4.72 Å². The zero-order valence-corrected chi connectivity index (χ0v) is 15.3. The SMILES string of the molecule is O=C1c2ccccc2C(=O)c2c1cccc2S(=O)(=O)Nc1ccc(Cl)cc1. The minimum absolute atomic E-state index is 0.0812. The van der Waals surface area contributed by atoms with E-state index in [4.69, 9.17) is 11.6 Å². The molecule has 1 aliphatic rings. The lowest BCUT2D eigenvalue weighted by Gasteiger charge is -2.20. The van der Waals surface area contributed by atoms with Gasteiger partial charge in [-0.05, 0) is 30.3 Å². The average molecular weight is 398 g/mol. The summed E-state index contributed by atoms with van der Waals surface area (Å²) in [6.45, 7) is 0. The van der Waals surface area contributed by atoms with Crippen molar-refractivity contribution in [3.8, 4) is 0 Å². The maximum Gasteiger partial charge on any atom is 0.262 e. The number of ketones is 2. The second-order valence-corrected chi connectivity index (χ2v) is 8.08. The van der Waals surface area contributed by atoms with Crippen molar-refractivity contribution in [1.29, 1.82) is 0 Å². The fourth-order valence-electron chi connectivity index (χ4n) is 3.07. The zero-order valence-electron chi connectivity index (χ0n) is 13.8. The minimum Gasteiger partial charge on any atom is -0.289 e. The number of sulfonamides is 1. The molecule has 0 bridgehead atoms. The van der Waals surface area contributed by atoms with Crippen LogP contribution in [0.25, 0.3) is 0 Å². The van der Waals surface area contributed by atoms with Crippen molar-refractivity contribution in [2.45, 2.75) is 4.90 Å². The van der Waals surface area contributed by atoms with E-state index in [1.165, 1.54) is 36.4 Å². The van der Waals surface area contributed by atoms with Crippen LogP contribution in [0.3, 0.4) is 0 Å². The number of carbonyl (C=O) groups excluding carboxylic acids is 2. The molecule has 1 aliphatic carbocycles. The zero-order chi connectivity index (χ0) is 19.2. The maximum atomic E-state index is 13.0. The van der Waals surface area contributed by atoms with Gasteiger partial charge in [-0.25, -0.2) is 8.42 Å². The summed E-state index contributed by atoms with van der Waals surface area (Å²) in [6, 6.07) is 16.7. The van der Waals surface area contributed by atoms with Crippen molar-refractivity contribution in [2.24, 2.45) is 0 Å². The number of nitrogens with one attached hydrogen (secondary N) is 1. The Morgan fingerprint density at radius 3 is 1.96 bits per heavy atom. The highest BCUT2D eigenvalue weighted by molar-refractivity contribution is 7.92. The molecule has 1 N–H and O–H groups in total. The van der Waals surface area contributed by atoms with Gasteiger partial charge in [-0.15, -0.1) is 0 Å². The average Bonchev–Trinajstić information content (AvgIpc) is 2.67. The number of benzene rings is 3. The van der Waals surface area contributed by atoms with Crippen molar-refractivity contribution in [1.82, 2.24) is 0 Å². The number of fused-ring (bicyclic) bond motifs is 2. The molecule has 4 rings (SSSR count). The summed E-state index contributed by atoms with van der Waals surface area (Å²) in [5, 5.41) is 0.465. The predicted molar refractivity (Wildman–Crippen MR) is 102 cm³/mol. The fourth-order valence-corrected chi connectivity index (χ4v) is 4.48. The first kappa shape index (κ1) is 17.5. The Kier molecular flexibility index (Phi) is 4.09. The summed E-state index contributed by atoms with van der Waals surface area (Å²) in [4.78, 5) is 25.5. The van der Waals surface area contributed by atoms with Crippen LogP contribution in [0, 0.1) is 0 Å². The Bertz CT molecular complexity index is 1200. The molecule has 0 saturated heterocycles. The van der Waals surface area contributed by atoms with E-state index in [-0.39, 0.29) is 32.9 Å². The molecular formula is C20H12ClNO4S. The highest BCUT2D eigenvalue weighted by Gasteiger charge is 2.34. The van der Waals surface area contributed by atoms with Gasteiger partial charge in [-0.1, -0.05) is 48.0 Å². The van der Waals surface area contributed by atoms with Crippen LogP contribution in [0.5, 0.6) is 0 Å². The van der Waals surface area contributed by atoms with E-state index in [0.717, 1.165) is 0 Å². The summed E-state index contributed by atoms with van der Waals surface area (Å²) >= 11 is 5.82. The number of carbonyl (C=O) groups is 2. The third-order valence-corrected chi connectivity index (χ3v) is 5.98. The van der Waals surface area contributed by atoms with Gasteiger partial charge in [0.1, 0.15) is 0 Å². The maximum absolute atomic E-state index is 13.0. The molecule has 7 heteroatoms. The molecule has 3 aromatic rings. The van der Waals surface area contributed by atoms with E-state index in [9.17, 15) is 18.0 Å². The first-order chi connectivity index (χ1) is 12.9. The smallest absolute Gasteiger partial charge is 0.262 e. The summed E-state index contributed by atoms with van der Waals surface area (Å²) < 4.78 is 28.3. The molecule has 0 saturated carbocycles. The predicted octanol–water partition coefficient (Wildman–Crippen LogP) is 3.92. The quantitative estimate of drug-likeness (QED) is 0.568. The second-order valence-electron chi connectivity index (χ2n) is 5.99. The molecule has 0 heterocycles. The van der Waals surface area contributed by atoms with E-state index in [1.807, 2.05) is 0 Å². The molecule has 5 nitrogen and oxygen atoms in total. The van der Waals surface area contributed by atoms with Gasteiger partial charge in [-0.3, -0.25) is 14.3 Å². The molecule has 27 heavy (non-hydrogen) atoms. The summed E-state index contributed by atoms with van der Waals surface area (Å²) in [5.74, 6) is -0.860. The Labute approximate surface area is 160 Å². The Balaban J connectivity index is 1.85. The van der Waals surface area contributed by atoms with Crippen molar-refractivity contribution >= 4 is 38.9 Å². The molecule has 0 unspecified atom stereocenters. The second kappa shape index (κ2) is 6.33. The van der Waals surface area contributed by atoms with Crippen molar-refractivity contribution in [3.05, 3.63) is 94.0 Å². The van der Waals surface area contributed by atoms with Gasteiger partial charge >= 0.3 is 0 Å². The molecule has 0 atom stereocenters. The van der Waals surface area contributed by atoms with Crippen LogP contribution in [0.1, 0.15) is 31.8 Å². The number of halogens is 1. The molecule has 0 radical (unpaired) electrons. The van der Waals surface area contributed by atoms with Gasteiger partial charge < -0.3 is 0 Å². The Morgan fingerprint density at radius 2 is 1.30 bits per heavy atom. The van der Waals surface area contributed by atoms with Crippen molar-refractivity contribution in [2.75, 3.05) is 4.72 Å². The third-order valence-electron chi connectivity index (χ3n) is 4.30. The number of hydrogen-bond donors (Lipinski definition) is 1. The largest absolute Gasteiger partial charge is 0.289 e. The topological polar surface area (TPSA) is 80.3 Å². The van der Waals surface area contributed by atoms with E-state index < -0.39 is 15.8 Å². The summed E-state index contributed by atoms with van der Waals surface area (Å²) in [5.41, 5.74) is 0.742. The third kappa shape index (κ3) is 2.93. The molecule has 134 valence electrons. The van der Waals surface area contributed by atoms with Gasteiger partial charge in [0.05, 0.1) is 10.5 Å². The van der Waals surface area contributed by atoms with Crippen LogP contribution in [0.2, 0.25) is 5.02 Å². The molecule has 0 aliphatic heterocycles. The Hall–Kier alpha value is -2.96. The number of anilines is 1. The van der Waals surface area contributed by atoms with Gasteiger partial charge in [0.15, 0.2) is 11.6 Å². The summed E-state index contributed by atoms with van der Waals surface area (Å²) in [6.07, 6.45) is 0. The highest BCUT2D eigenvalue weighted by Crippen LogP contribution is 2.32. The van der Waals surface area contributed by atoms with Gasteiger partial charge in [-0.2, -0.15) is 0 Å². The van der Waals surface area contributed by atoms with Crippen LogP contribution >= 0.6 is 11.6 Å². The van der Waals surface area contributed by atoms with E-state index in [1.54, 1.807) is 30.3 Å². The standard InChI is InChI=1S/C20H12ClNO4S/c21-12-8-10-13(11-9-12)22-27(25,26)17-7-3-6-16-18(17)20(24)15-5-2-1-4-14(15)19(16)23/h1-11,22H. The molecule has 0 amide bonds. The number of rotatable bonds is 3. The number of hydrogen-bond acceptors (Lipinski definition) is 4. The monoisotopic (exact) mass is 397 g/mol. The lowest BCUT2D eigenvalue weighted by Crippen LogP contribution is -2.25. The first-order valence-corrected chi connectivity index (χ1v) is 9.84. The lowest BCUT2D eigenvalue weighted by atomic mass is 9.84. The van der Waals surface area contributed by atoms with E-state index in [2.05, 4.69) is 4.72 Å². The normalized spacial score (nSPS) is 13.1. The highest BCUT2D eigenvalue weighted by atomic mass is 35.5. The van der Waals surface area contributed by atoms with Crippen LogP contribution in [0.4, 0.5) is 5.69 Å². The summed E-state index contributed by atoms with van der Waals surface area (Å²) in [7, 11) is -4.09. The van der Waals surface area contributed by atoms with Crippen LogP contribution in [-0.2, 0) is 10.0 Å². The van der Waals surface area contributed by atoms with Gasteiger partial charge in [0, 0.05) is 27.4 Å². The van der Waals surface area contributed by atoms with Crippen LogP contribution in [0.15, 0.2) is 71.6 Å². The molecular weight excluding hydrogens is 386 g/mol. The van der Waals surface area contributed by atoms with Gasteiger partial charge in [0.2, 0.25) is 0 Å². The first-order valence-electron chi connectivity index (χ1n) is 7.98.